The minimum atomic E-state index is 0.291. The van der Waals surface area contributed by atoms with Gasteiger partial charge in [0.05, 0.1) is 6.20 Å². The van der Waals surface area contributed by atoms with Crippen LogP contribution >= 0.6 is 0 Å². The van der Waals surface area contributed by atoms with Crippen LogP contribution in [0.2, 0.25) is 0 Å². The van der Waals surface area contributed by atoms with E-state index in [-0.39, 0.29) is 0 Å². The second-order valence-electron chi connectivity index (χ2n) is 3.12. The Labute approximate surface area is 80.5 Å². The van der Waals surface area contributed by atoms with E-state index in [1.165, 1.54) is 0 Å². The van der Waals surface area contributed by atoms with Crippen LogP contribution in [0.15, 0.2) is 12.3 Å². The number of nitrogens with zero attached hydrogens (tertiary/aromatic N) is 5. The number of aromatic amines is 1. The van der Waals surface area contributed by atoms with Crippen molar-refractivity contribution >= 4 is 11.8 Å². The van der Waals surface area contributed by atoms with E-state index in [9.17, 15) is 0 Å². The van der Waals surface area contributed by atoms with E-state index in [0.29, 0.717) is 12.0 Å². The van der Waals surface area contributed by atoms with E-state index < -0.39 is 0 Å². The van der Waals surface area contributed by atoms with Gasteiger partial charge in [-0.05, 0) is 19.1 Å². The minimum absolute atomic E-state index is 0.291. The van der Waals surface area contributed by atoms with Crippen molar-refractivity contribution < 1.29 is 0 Å². The van der Waals surface area contributed by atoms with Crippen molar-refractivity contribution in [2.75, 3.05) is 5.32 Å². The zero-order valence-electron chi connectivity index (χ0n) is 7.97. The van der Waals surface area contributed by atoms with E-state index in [4.69, 9.17) is 0 Å². The first-order valence-electron chi connectivity index (χ1n) is 4.31. The zero-order valence-corrected chi connectivity index (χ0v) is 7.97. The molecule has 2 aromatic rings. The highest BCUT2D eigenvalue weighted by atomic mass is 15.5. The van der Waals surface area contributed by atoms with Crippen molar-refractivity contribution in [2.45, 2.75) is 19.9 Å². The number of rotatable bonds is 3. The average molecular weight is 193 g/mol. The SMILES string of the molecule is CC(C)n1nccc1Nc1nn[nH]n1. The summed E-state index contributed by atoms with van der Waals surface area (Å²) in [7, 11) is 0. The largest absolute Gasteiger partial charge is 0.306 e. The first-order valence-corrected chi connectivity index (χ1v) is 4.31. The lowest BCUT2D eigenvalue weighted by Crippen LogP contribution is -2.07. The Morgan fingerprint density at radius 2 is 2.36 bits per heavy atom. The molecule has 14 heavy (non-hydrogen) atoms. The molecule has 0 aromatic carbocycles. The fourth-order valence-electron chi connectivity index (χ4n) is 1.15. The molecule has 0 atom stereocenters. The Kier molecular flexibility index (Phi) is 2.13. The van der Waals surface area contributed by atoms with E-state index in [1.807, 2.05) is 10.7 Å². The number of H-pyrrole nitrogens is 1. The fourth-order valence-corrected chi connectivity index (χ4v) is 1.15. The lowest BCUT2D eigenvalue weighted by atomic mass is 10.4. The van der Waals surface area contributed by atoms with Gasteiger partial charge in [-0.1, -0.05) is 5.10 Å². The van der Waals surface area contributed by atoms with Gasteiger partial charge in [0.2, 0.25) is 0 Å². The molecule has 2 N–H and O–H groups in total. The Balaban J connectivity index is 2.21. The number of hydrogen-bond donors (Lipinski definition) is 2. The molecule has 2 aromatic heterocycles. The summed E-state index contributed by atoms with van der Waals surface area (Å²) in [6, 6.07) is 2.15. The first-order chi connectivity index (χ1) is 6.77. The molecule has 0 unspecified atom stereocenters. The summed E-state index contributed by atoms with van der Waals surface area (Å²) in [5.74, 6) is 1.29. The predicted octanol–water partition coefficient (Wildman–Crippen LogP) is 0.721. The number of hydrogen-bond acceptors (Lipinski definition) is 5. The van der Waals surface area contributed by atoms with Crippen LogP contribution < -0.4 is 5.32 Å². The monoisotopic (exact) mass is 193 g/mol. The van der Waals surface area contributed by atoms with Gasteiger partial charge in [-0.25, -0.2) is 4.68 Å². The Bertz CT molecular complexity index is 388. The lowest BCUT2D eigenvalue weighted by Gasteiger charge is -2.09. The Morgan fingerprint density at radius 3 is 3.00 bits per heavy atom. The maximum absolute atomic E-state index is 4.16. The third-order valence-electron chi connectivity index (χ3n) is 1.74. The second kappa shape index (κ2) is 3.44. The predicted molar refractivity (Wildman–Crippen MR) is 50.1 cm³/mol. The Morgan fingerprint density at radius 1 is 1.50 bits per heavy atom. The molecule has 0 amide bonds. The molecule has 0 fully saturated rings. The van der Waals surface area contributed by atoms with Gasteiger partial charge in [0, 0.05) is 12.1 Å². The molecule has 0 aliphatic rings. The summed E-state index contributed by atoms with van der Waals surface area (Å²) in [6.45, 7) is 4.10. The zero-order chi connectivity index (χ0) is 9.97. The number of anilines is 2. The molecule has 0 spiro atoms. The molecule has 2 heterocycles. The van der Waals surface area contributed by atoms with Crippen LogP contribution in [0.1, 0.15) is 19.9 Å². The summed E-state index contributed by atoms with van der Waals surface area (Å²) in [4.78, 5) is 0. The number of aromatic nitrogens is 6. The molecule has 74 valence electrons. The van der Waals surface area contributed by atoms with Crippen molar-refractivity contribution in [3.8, 4) is 0 Å². The molecule has 7 nitrogen and oxygen atoms in total. The van der Waals surface area contributed by atoms with Crippen molar-refractivity contribution in [1.82, 2.24) is 30.4 Å². The first kappa shape index (κ1) is 8.67. The maximum atomic E-state index is 4.16. The van der Waals surface area contributed by atoms with Crippen molar-refractivity contribution in [3.63, 3.8) is 0 Å². The van der Waals surface area contributed by atoms with Crippen LogP contribution in [-0.4, -0.2) is 30.4 Å². The topological polar surface area (TPSA) is 84.3 Å². The molecule has 0 radical (unpaired) electrons. The molecule has 0 aliphatic heterocycles. The fraction of sp³-hybridized carbons (Fsp3) is 0.429. The number of tetrazole rings is 1. The molecular formula is C7H11N7. The summed E-state index contributed by atoms with van der Waals surface area (Å²) < 4.78 is 1.84. The molecule has 2 rings (SSSR count). The van der Waals surface area contributed by atoms with Gasteiger partial charge in [-0.2, -0.15) is 10.3 Å². The van der Waals surface area contributed by atoms with Crippen LogP contribution in [0.25, 0.3) is 0 Å². The summed E-state index contributed by atoms with van der Waals surface area (Å²) in [6.07, 6.45) is 1.72. The van der Waals surface area contributed by atoms with Crippen LogP contribution in [0.5, 0.6) is 0 Å². The molecule has 0 saturated carbocycles. The summed E-state index contributed by atoms with van der Waals surface area (Å²) >= 11 is 0. The standard InChI is InChI=1S/C7H11N7/c1-5(2)14-6(3-4-8-14)9-7-10-12-13-11-7/h3-5H,1-2H3,(H2,9,10,11,12,13). The van der Waals surface area contributed by atoms with Crippen molar-refractivity contribution in [3.05, 3.63) is 12.3 Å². The van der Waals surface area contributed by atoms with Gasteiger partial charge in [-0.3, -0.25) is 0 Å². The maximum Gasteiger partial charge on any atom is 0.268 e. The molecule has 0 bridgehead atoms. The van der Waals surface area contributed by atoms with Gasteiger partial charge in [0.1, 0.15) is 5.82 Å². The normalized spacial score (nSPS) is 10.8. The average Bonchev–Trinajstić information content (AvgIpc) is 2.75. The van der Waals surface area contributed by atoms with E-state index in [0.717, 1.165) is 5.82 Å². The highest BCUT2D eigenvalue weighted by Gasteiger charge is 2.07. The van der Waals surface area contributed by atoms with Gasteiger partial charge in [0.15, 0.2) is 0 Å². The lowest BCUT2D eigenvalue weighted by molar-refractivity contribution is 0.539. The van der Waals surface area contributed by atoms with E-state index in [1.54, 1.807) is 6.20 Å². The van der Waals surface area contributed by atoms with Gasteiger partial charge >= 0.3 is 0 Å². The molecule has 0 saturated heterocycles. The highest BCUT2D eigenvalue weighted by molar-refractivity contribution is 5.46. The van der Waals surface area contributed by atoms with Crippen molar-refractivity contribution in [1.29, 1.82) is 0 Å². The quantitative estimate of drug-likeness (QED) is 0.750. The minimum Gasteiger partial charge on any atom is -0.306 e. The van der Waals surface area contributed by atoms with Crippen LogP contribution in [-0.2, 0) is 0 Å². The van der Waals surface area contributed by atoms with Crippen LogP contribution in [0.3, 0.4) is 0 Å². The van der Waals surface area contributed by atoms with Crippen molar-refractivity contribution in [2.24, 2.45) is 0 Å². The van der Waals surface area contributed by atoms with Gasteiger partial charge in [0.25, 0.3) is 5.95 Å². The third kappa shape index (κ3) is 1.56. The van der Waals surface area contributed by atoms with Gasteiger partial charge < -0.3 is 5.32 Å². The summed E-state index contributed by atoms with van der Waals surface area (Å²) in [5, 5.41) is 20.6. The molecule has 7 heteroatoms. The smallest absolute Gasteiger partial charge is 0.268 e. The summed E-state index contributed by atoms with van der Waals surface area (Å²) in [5.41, 5.74) is 0. The van der Waals surface area contributed by atoms with Crippen LogP contribution in [0.4, 0.5) is 11.8 Å². The second-order valence-corrected chi connectivity index (χ2v) is 3.12. The molecular weight excluding hydrogens is 182 g/mol. The third-order valence-corrected chi connectivity index (χ3v) is 1.74. The van der Waals surface area contributed by atoms with E-state index >= 15 is 0 Å². The van der Waals surface area contributed by atoms with E-state index in [2.05, 4.69) is 44.9 Å². The van der Waals surface area contributed by atoms with Gasteiger partial charge in [-0.15, -0.1) is 5.10 Å². The highest BCUT2D eigenvalue weighted by Crippen LogP contribution is 2.15. The Hall–Kier alpha value is -1.92. The molecule has 0 aliphatic carbocycles. The van der Waals surface area contributed by atoms with Crippen LogP contribution in [0, 0.1) is 0 Å². The number of nitrogens with one attached hydrogen (secondary N) is 2.